The molecule has 3 aromatic rings. The third-order valence-corrected chi connectivity index (χ3v) is 6.02. The minimum atomic E-state index is -4.50. The zero-order valence-electron chi connectivity index (χ0n) is 17.6. The Morgan fingerprint density at radius 1 is 1.06 bits per heavy atom. The zero-order valence-corrected chi connectivity index (χ0v) is 19.2. The Bertz CT molecular complexity index is 1030. The highest BCUT2D eigenvalue weighted by Gasteiger charge is 2.32. The van der Waals surface area contributed by atoms with Gasteiger partial charge in [0.25, 0.3) is 5.91 Å². The fourth-order valence-electron chi connectivity index (χ4n) is 3.18. The normalized spacial score (nSPS) is 11.6. The van der Waals surface area contributed by atoms with Crippen molar-refractivity contribution in [2.75, 3.05) is 31.1 Å². The van der Waals surface area contributed by atoms with Crippen molar-refractivity contribution in [3.05, 3.63) is 59.2 Å². The van der Waals surface area contributed by atoms with Crippen LogP contribution in [-0.2, 0) is 6.18 Å². The van der Waals surface area contributed by atoms with Crippen molar-refractivity contribution in [3.63, 3.8) is 0 Å². The van der Waals surface area contributed by atoms with Crippen LogP contribution in [0.5, 0.6) is 0 Å². The average molecular weight is 472 g/mol. The minimum Gasteiger partial charge on any atom is -0.302 e. The van der Waals surface area contributed by atoms with Crippen molar-refractivity contribution in [3.8, 4) is 0 Å². The molecule has 0 radical (unpaired) electrons. The van der Waals surface area contributed by atoms with E-state index in [0.29, 0.717) is 18.2 Å². The summed E-state index contributed by atoms with van der Waals surface area (Å²) >= 11 is 1.37. The molecule has 0 saturated carbocycles. The molecule has 0 spiro atoms. The van der Waals surface area contributed by atoms with E-state index >= 15 is 0 Å². The molecule has 0 N–H and O–H groups in total. The lowest BCUT2D eigenvalue weighted by Gasteiger charge is -2.25. The average Bonchev–Trinajstić information content (AvgIpc) is 3.13. The molecule has 9 heteroatoms. The van der Waals surface area contributed by atoms with Crippen LogP contribution >= 0.6 is 23.7 Å². The van der Waals surface area contributed by atoms with Gasteiger partial charge in [0, 0.05) is 18.7 Å². The van der Waals surface area contributed by atoms with Crippen LogP contribution < -0.4 is 4.90 Å². The first-order valence-electron chi connectivity index (χ1n) is 9.81. The van der Waals surface area contributed by atoms with Gasteiger partial charge in [-0.1, -0.05) is 37.3 Å². The number of hydrogen-bond acceptors (Lipinski definition) is 4. The number of benzene rings is 2. The van der Waals surface area contributed by atoms with Gasteiger partial charge < -0.3 is 4.90 Å². The van der Waals surface area contributed by atoms with Crippen LogP contribution in [0.3, 0.4) is 0 Å². The molecule has 0 bridgehead atoms. The molecule has 1 heterocycles. The van der Waals surface area contributed by atoms with Crippen LogP contribution in [0, 0.1) is 6.92 Å². The maximum absolute atomic E-state index is 13.3. The predicted molar refractivity (Wildman–Crippen MR) is 123 cm³/mol. The second kappa shape index (κ2) is 10.4. The molecule has 1 amide bonds. The summed E-state index contributed by atoms with van der Waals surface area (Å²) in [5.74, 6) is -0.482. The number of fused-ring (bicyclic) bond motifs is 1. The number of alkyl halides is 3. The zero-order chi connectivity index (χ0) is 21.9. The third-order valence-electron chi connectivity index (χ3n) is 4.98. The molecule has 4 nitrogen and oxygen atoms in total. The third kappa shape index (κ3) is 5.96. The lowest BCUT2D eigenvalue weighted by Crippen LogP contribution is -2.39. The molecule has 0 aliphatic carbocycles. The lowest BCUT2D eigenvalue weighted by molar-refractivity contribution is -0.137. The number of amides is 1. The molecule has 0 aliphatic rings. The van der Waals surface area contributed by atoms with Crippen LogP contribution in [0.1, 0.15) is 35.3 Å². The van der Waals surface area contributed by atoms with E-state index in [2.05, 4.69) is 9.88 Å². The van der Waals surface area contributed by atoms with E-state index in [1.54, 1.807) is 0 Å². The molecule has 0 unspecified atom stereocenters. The van der Waals surface area contributed by atoms with Gasteiger partial charge in [-0.3, -0.25) is 9.69 Å². The molecule has 0 atom stereocenters. The highest BCUT2D eigenvalue weighted by Crippen LogP contribution is 2.32. The Morgan fingerprint density at radius 3 is 2.42 bits per heavy atom. The lowest BCUT2D eigenvalue weighted by atomic mass is 10.1. The van der Waals surface area contributed by atoms with Gasteiger partial charge in [0.2, 0.25) is 0 Å². The molecular formula is C22H25ClF3N3OS. The van der Waals surface area contributed by atoms with Gasteiger partial charge >= 0.3 is 6.18 Å². The quantitative estimate of drug-likeness (QED) is 0.422. The van der Waals surface area contributed by atoms with Crippen molar-refractivity contribution < 1.29 is 18.0 Å². The fraction of sp³-hybridized carbons (Fsp3) is 0.364. The van der Waals surface area contributed by atoms with Gasteiger partial charge in [0.1, 0.15) is 0 Å². The largest absolute Gasteiger partial charge is 0.416 e. The Balaban J connectivity index is 0.00000341. The Hall–Kier alpha value is -2.16. The molecule has 31 heavy (non-hydrogen) atoms. The summed E-state index contributed by atoms with van der Waals surface area (Å²) in [7, 11) is 0. The molecule has 1 aromatic heterocycles. The van der Waals surface area contributed by atoms with E-state index in [4.69, 9.17) is 0 Å². The van der Waals surface area contributed by atoms with Crippen LogP contribution in [0.4, 0.5) is 18.3 Å². The summed E-state index contributed by atoms with van der Waals surface area (Å²) in [6.45, 7) is 8.63. The Morgan fingerprint density at radius 2 is 1.77 bits per heavy atom. The van der Waals surface area contributed by atoms with Gasteiger partial charge in [0.15, 0.2) is 5.13 Å². The number of hydrogen-bond donors (Lipinski definition) is 0. The van der Waals surface area contributed by atoms with Gasteiger partial charge in [-0.05, 0) is 55.9 Å². The van der Waals surface area contributed by atoms with E-state index < -0.39 is 17.6 Å². The first-order valence-corrected chi connectivity index (χ1v) is 10.6. The maximum Gasteiger partial charge on any atom is 0.416 e. The maximum atomic E-state index is 13.3. The first kappa shape index (κ1) is 25.1. The molecule has 0 fully saturated rings. The van der Waals surface area contributed by atoms with Crippen molar-refractivity contribution >= 4 is 45.0 Å². The van der Waals surface area contributed by atoms with Gasteiger partial charge in [-0.2, -0.15) is 13.2 Å². The summed E-state index contributed by atoms with van der Waals surface area (Å²) in [4.78, 5) is 21.5. The van der Waals surface area contributed by atoms with E-state index in [0.717, 1.165) is 41.0 Å². The Labute approximate surface area is 190 Å². The van der Waals surface area contributed by atoms with Crippen molar-refractivity contribution in [1.82, 2.24) is 9.88 Å². The molecule has 168 valence electrons. The van der Waals surface area contributed by atoms with E-state index in [1.807, 2.05) is 39.0 Å². The summed E-state index contributed by atoms with van der Waals surface area (Å²) in [6.07, 6.45) is -4.50. The molecule has 0 aliphatic heterocycles. The first-order chi connectivity index (χ1) is 14.2. The number of anilines is 1. The number of carbonyl (C=O) groups is 1. The standard InChI is InChI=1S/C22H24F3N3OS.ClH/c1-4-27(5-2)11-12-28(21-26-18-10-9-15(3)13-19(18)30-21)20(29)16-7-6-8-17(14-16)22(23,24)25;/h6-10,13-14H,4-5,11-12H2,1-3H3;1H. The smallest absolute Gasteiger partial charge is 0.302 e. The fourth-order valence-corrected chi connectivity index (χ4v) is 4.27. The summed E-state index contributed by atoms with van der Waals surface area (Å²) in [5, 5.41) is 0.491. The second-order valence-electron chi connectivity index (χ2n) is 7.03. The molecule has 3 rings (SSSR count). The number of rotatable bonds is 7. The number of thiazole rings is 1. The molecule has 0 saturated heterocycles. The number of likely N-dealkylation sites (N-methyl/N-ethyl adjacent to an activating group) is 1. The van der Waals surface area contributed by atoms with Crippen LogP contribution in [0.2, 0.25) is 0 Å². The monoisotopic (exact) mass is 471 g/mol. The number of halogens is 4. The van der Waals surface area contributed by atoms with Crippen LogP contribution in [-0.4, -0.2) is 42.0 Å². The van der Waals surface area contributed by atoms with Gasteiger partial charge in [0.05, 0.1) is 15.8 Å². The summed E-state index contributed by atoms with van der Waals surface area (Å²) in [6, 6.07) is 10.4. The number of aromatic nitrogens is 1. The van der Waals surface area contributed by atoms with Gasteiger partial charge in [-0.15, -0.1) is 12.4 Å². The Kier molecular flexibility index (Phi) is 8.45. The highest BCUT2D eigenvalue weighted by molar-refractivity contribution is 7.22. The van der Waals surface area contributed by atoms with Crippen molar-refractivity contribution in [2.45, 2.75) is 26.9 Å². The number of carbonyl (C=O) groups excluding carboxylic acids is 1. The van der Waals surface area contributed by atoms with Crippen LogP contribution in [0.25, 0.3) is 10.2 Å². The van der Waals surface area contributed by atoms with E-state index in [9.17, 15) is 18.0 Å². The topological polar surface area (TPSA) is 36.4 Å². The van der Waals surface area contributed by atoms with Crippen LogP contribution in [0.15, 0.2) is 42.5 Å². The highest BCUT2D eigenvalue weighted by atomic mass is 35.5. The van der Waals surface area contributed by atoms with E-state index in [-0.39, 0.29) is 18.0 Å². The summed E-state index contributed by atoms with van der Waals surface area (Å²) in [5.41, 5.74) is 1.01. The molecular weight excluding hydrogens is 447 g/mol. The van der Waals surface area contributed by atoms with Gasteiger partial charge in [-0.25, -0.2) is 4.98 Å². The predicted octanol–water partition coefficient (Wildman–Crippen LogP) is 6.03. The second-order valence-corrected chi connectivity index (χ2v) is 8.04. The SMILES string of the molecule is CCN(CC)CCN(C(=O)c1cccc(C(F)(F)F)c1)c1nc2ccc(C)cc2s1.Cl. The van der Waals surface area contributed by atoms with E-state index in [1.165, 1.54) is 28.4 Å². The summed E-state index contributed by atoms with van der Waals surface area (Å²) < 4.78 is 40.3. The number of nitrogens with zero attached hydrogens (tertiary/aromatic N) is 3. The molecule has 2 aromatic carbocycles. The minimum absolute atomic E-state index is 0. The van der Waals surface area contributed by atoms with Crippen molar-refractivity contribution in [2.24, 2.45) is 0 Å². The number of aryl methyl sites for hydroxylation is 1. The van der Waals surface area contributed by atoms with Crippen molar-refractivity contribution in [1.29, 1.82) is 0 Å².